The maximum absolute atomic E-state index is 8.84. The number of nitrogens with zero attached hydrogens (tertiary/aromatic N) is 1. The molecule has 1 aromatic heterocycles. The highest BCUT2D eigenvalue weighted by Gasteiger charge is 2.01. The molecule has 2 aromatic rings. The van der Waals surface area contributed by atoms with E-state index < -0.39 is 0 Å². The fourth-order valence-electron chi connectivity index (χ4n) is 1.30. The van der Waals surface area contributed by atoms with Gasteiger partial charge in [0.25, 0.3) is 0 Å². The summed E-state index contributed by atoms with van der Waals surface area (Å²) in [7, 11) is 0. The van der Waals surface area contributed by atoms with Gasteiger partial charge < -0.3 is 10.1 Å². The number of aliphatic hydroxyl groups is 1. The van der Waals surface area contributed by atoms with Crippen LogP contribution in [0.5, 0.6) is 0 Å². The molecule has 3 heteroatoms. The quantitative estimate of drug-likeness (QED) is 0.665. The summed E-state index contributed by atoms with van der Waals surface area (Å²) in [6.45, 7) is 1.98. The topological polar surface area (TPSA) is 48.9 Å². The van der Waals surface area contributed by atoms with Gasteiger partial charge in [-0.15, -0.1) is 0 Å². The van der Waals surface area contributed by atoms with Crippen molar-refractivity contribution in [1.29, 1.82) is 0 Å². The molecule has 2 rings (SSSR count). The van der Waals surface area contributed by atoms with Crippen molar-refractivity contribution in [3.63, 3.8) is 0 Å². The highest BCUT2D eigenvalue weighted by Crippen LogP contribution is 2.14. The zero-order chi connectivity index (χ0) is 8.55. The smallest absolute Gasteiger partial charge is 0.133 e. The molecular formula is C9H10N2O. The minimum Gasteiger partial charge on any atom is -0.388 e. The normalized spacial score (nSPS) is 10.8. The second kappa shape index (κ2) is 2.60. The van der Waals surface area contributed by atoms with Gasteiger partial charge in [-0.1, -0.05) is 12.1 Å². The van der Waals surface area contributed by atoms with Gasteiger partial charge in [0.1, 0.15) is 12.4 Å². The summed E-state index contributed by atoms with van der Waals surface area (Å²) in [5, 5.41) is 8.84. The first-order chi connectivity index (χ1) is 5.81. The summed E-state index contributed by atoms with van der Waals surface area (Å²) in [6, 6.07) is 5.90. The minimum atomic E-state index is -0.0336. The van der Waals surface area contributed by atoms with E-state index in [0.29, 0.717) is 5.82 Å². The van der Waals surface area contributed by atoms with Crippen LogP contribution in [-0.2, 0) is 6.61 Å². The van der Waals surface area contributed by atoms with Gasteiger partial charge >= 0.3 is 0 Å². The predicted molar refractivity (Wildman–Crippen MR) is 46.8 cm³/mol. The predicted octanol–water partition coefficient (Wildman–Crippen LogP) is 1.36. The number of aliphatic hydroxyl groups excluding tert-OH is 1. The van der Waals surface area contributed by atoms with E-state index in [1.807, 2.05) is 25.1 Å². The summed E-state index contributed by atoms with van der Waals surface area (Å²) in [5.74, 6) is 0.624. The summed E-state index contributed by atoms with van der Waals surface area (Å²) >= 11 is 0. The lowest BCUT2D eigenvalue weighted by Crippen LogP contribution is -1.83. The van der Waals surface area contributed by atoms with Crippen LogP contribution >= 0.6 is 0 Å². The summed E-state index contributed by atoms with van der Waals surface area (Å²) in [4.78, 5) is 7.24. The van der Waals surface area contributed by atoms with Crippen LogP contribution in [0.3, 0.4) is 0 Å². The highest BCUT2D eigenvalue weighted by molar-refractivity contribution is 5.78. The molecule has 0 unspecified atom stereocenters. The number of nitrogens with one attached hydrogen (secondary N) is 1. The molecule has 1 aromatic carbocycles. The fourth-order valence-corrected chi connectivity index (χ4v) is 1.30. The summed E-state index contributed by atoms with van der Waals surface area (Å²) < 4.78 is 0. The van der Waals surface area contributed by atoms with Crippen LogP contribution in [0.4, 0.5) is 0 Å². The van der Waals surface area contributed by atoms with Gasteiger partial charge in [-0.2, -0.15) is 0 Å². The molecule has 0 saturated heterocycles. The first kappa shape index (κ1) is 7.31. The Balaban J connectivity index is 2.74. The van der Waals surface area contributed by atoms with Crippen molar-refractivity contribution in [2.45, 2.75) is 13.5 Å². The Hall–Kier alpha value is -1.35. The van der Waals surface area contributed by atoms with Gasteiger partial charge in [0, 0.05) is 0 Å². The molecule has 2 N–H and O–H groups in total. The van der Waals surface area contributed by atoms with Crippen molar-refractivity contribution < 1.29 is 5.11 Å². The third kappa shape index (κ3) is 0.987. The van der Waals surface area contributed by atoms with Gasteiger partial charge in [-0.05, 0) is 18.6 Å². The molecule has 0 radical (unpaired) electrons. The first-order valence-electron chi connectivity index (χ1n) is 3.86. The van der Waals surface area contributed by atoms with Crippen LogP contribution in [0.25, 0.3) is 11.0 Å². The average Bonchev–Trinajstić information content (AvgIpc) is 2.49. The molecule has 0 aliphatic rings. The maximum atomic E-state index is 8.84. The number of imidazole rings is 1. The Morgan fingerprint density at radius 3 is 3.00 bits per heavy atom. The lowest BCUT2D eigenvalue weighted by molar-refractivity contribution is 0.273. The molecule has 62 valence electrons. The lowest BCUT2D eigenvalue weighted by Gasteiger charge is -1.91. The number of aryl methyl sites for hydroxylation is 1. The molecule has 0 atom stereocenters. The molecule has 0 bridgehead atoms. The number of aromatic amines is 1. The molecule has 0 fully saturated rings. The second-order valence-electron chi connectivity index (χ2n) is 2.81. The van der Waals surface area contributed by atoms with Crippen LogP contribution in [-0.4, -0.2) is 15.1 Å². The molecule has 12 heavy (non-hydrogen) atoms. The Morgan fingerprint density at radius 1 is 1.50 bits per heavy atom. The number of rotatable bonds is 1. The Labute approximate surface area is 70.1 Å². The van der Waals surface area contributed by atoms with E-state index >= 15 is 0 Å². The molecule has 3 nitrogen and oxygen atoms in total. The van der Waals surface area contributed by atoms with Crippen molar-refractivity contribution in [3.8, 4) is 0 Å². The van der Waals surface area contributed by atoms with E-state index in [2.05, 4.69) is 9.97 Å². The summed E-state index contributed by atoms with van der Waals surface area (Å²) in [6.07, 6.45) is 0. The Bertz CT molecular complexity index is 406. The third-order valence-electron chi connectivity index (χ3n) is 1.93. The number of benzene rings is 1. The number of H-pyrrole nitrogens is 1. The van der Waals surface area contributed by atoms with E-state index in [0.717, 1.165) is 16.6 Å². The van der Waals surface area contributed by atoms with Crippen LogP contribution in [0, 0.1) is 6.92 Å². The van der Waals surface area contributed by atoms with Crippen molar-refractivity contribution in [2.75, 3.05) is 0 Å². The van der Waals surface area contributed by atoms with E-state index in [1.165, 1.54) is 0 Å². The number of para-hydroxylation sites is 1. The lowest BCUT2D eigenvalue weighted by atomic mass is 10.2. The number of fused-ring (bicyclic) bond motifs is 1. The van der Waals surface area contributed by atoms with Crippen molar-refractivity contribution >= 4 is 11.0 Å². The van der Waals surface area contributed by atoms with Crippen molar-refractivity contribution in [3.05, 3.63) is 29.6 Å². The van der Waals surface area contributed by atoms with Gasteiger partial charge in [0.05, 0.1) is 11.0 Å². The van der Waals surface area contributed by atoms with Gasteiger partial charge in [0.2, 0.25) is 0 Å². The summed E-state index contributed by atoms with van der Waals surface area (Å²) in [5.41, 5.74) is 3.08. The van der Waals surface area contributed by atoms with E-state index in [9.17, 15) is 0 Å². The minimum absolute atomic E-state index is 0.0336. The van der Waals surface area contributed by atoms with Crippen molar-refractivity contribution in [1.82, 2.24) is 9.97 Å². The molecule has 0 spiro atoms. The van der Waals surface area contributed by atoms with Crippen LogP contribution < -0.4 is 0 Å². The van der Waals surface area contributed by atoms with Gasteiger partial charge in [0.15, 0.2) is 0 Å². The Morgan fingerprint density at radius 2 is 2.33 bits per heavy atom. The fraction of sp³-hybridized carbons (Fsp3) is 0.222. The maximum Gasteiger partial charge on any atom is 0.133 e. The molecule has 0 aliphatic heterocycles. The van der Waals surface area contributed by atoms with E-state index in [1.54, 1.807) is 0 Å². The molecular weight excluding hydrogens is 152 g/mol. The second-order valence-corrected chi connectivity index (χ2v) is 2.81. The van der Waals surface area contributed by atoms with Crippen LogP contribution in [0.1, 0.15) is 11.4 Å². The molecule has 0 saturated carbocycles. The average molecular weight is 162 g/mol. The standard InChI is InChI=1S/C9H10N2O/c1-6-3-2-4-7-9(6)11-8(5-12)10-7/h2-4,12H,5H2,1H3,(H,10,11). The molecule has 0 aliphatic carbocycles. The van der Waals surface area contributed by atoms with E-state index in [-0.39, 0.29) is 6.61 Å². The zero-order valence-electron chi connectivity index (χ0n) is 6.83. The Kier molecular flexibility index (Phi) is 1.59. The SMILES string of the molecule is Cc1cccc2nc(CO)[nH]c12. The van der Waals surface area contributed by atoms with Gasteiger partial charge in [-0.3, -0.25) is 0 Å². The molecule has 0 amide bonds. The number of hydrogen-bond donors (Lipinski definition) is 2. The number of aromatic nitrogens is 2. The van der Waals surface area contributed by atoms with Gasteiger partial charge in [-0.25, -0.2) is 4.98 Å². The van der Waals surface area contributed by atoms with E-state index in [4.69, 9.17) is 5.11 Å². The van der Waals surface area contributed by atoms with Crippen LogP contribution in [0.15, 0.2) is 18.2 Å². The number of hydrogen-bond acceptors (Lipinski definition) is 2. The molecule has 1 heterocycles. The third-order valence-corrected chi connectivity index (χ3v) is 1.93. The van der Waals surface area contributed by atoms with Crippen LogP contribution in [0.2, 0.25) is 0 Å². The monoisotopic (exact) mass is 162 g/mol. The zero-order valence-corrected chi connectivity index (χ0v) is 6.83. The first-order valence-corrected chi connectivity index (χ1v) is 3.86. The highest BCUT2D eigenvalue weighted by atomic mass is 16.3. The van der Waals surface area contributed by atoms with Crippen molar-refractivity contribution in [2.24, 2.45) is 0 Å². The largest absolute Gasteiger partial charge is 0.388 e.